The van der Waals surface area contributed by atoms with Crippen LogP contribution in [0.4, 0.5) is 5.00 Å². The van der Waals surface area contributed by atoms with Crippen LogP contribution in [0.3, 0.4) is 0 Å². The van der Waals surface area contributed by atoms with Crippen LogP contribution in [-0.2, 0) is 27.7 Å². The van der Waals surface area contributed by atoms with E-state index in [9.17, 15) is 18.5 Å². The molecule has 1 amide bonds. The van der Waals surface area contributed by atoms with Crippen molar-refractivity contribution in [3.05, 3.63) is 45.8 Å². The standard InChI is InChI=1S/C22H23N5O3S2/c23-13-16-5-7-17(8-6-16)32(29,30)27-11-9-26(10-12-27)15-21(28)25-22-19(14-24)18-3-1-2-4-20(18)31-22/h5-8H,1-4,9-12,15H2,(H,25,28). The monoisotopic (exact) mass is 469 g/mol. The van der Waals surface area contributed by atoms with Gasteiger partial charge < -0.3 is 5.32 Å². The van der Waals surface area contributed by atoms with Gasteiger partial charge in [0.25, 0.3) is 0 Å². The van der Waals surface area contributed by atoms with Crippen LogP contribution in [0.15, 0.2) is 29.2 Å². The molecule has 0 radical (unpaired) electrons. The lowest BCUT2D eigenvalue weighted by Gasteiger charge is -2.33. The van der Waals surface area contributed by atoms with E-state index in [4.69, 9.17) is 5.26 Å². The number of piperazine rings is 1. The van der Waals surface area contributed by atoms with Crippen LogP contribution >= 0.6 is 11.3 Å². The van der Waals surface area contributed by atoms with E-state index in [1.54, 1.807) is 0 Å². The number of anilines is 1. The van der Waals surface area contributed by atoms with Crippen molar-refractivity contribution in [3.8, 4) is 12.1 Å². The van der Waals surface area contributed by atoms with Crippen molar-refractivity contribution in [2.24, 2.45) is 0 Å². The summed E-state index contributed by atoms with van der Waals surface area (Å²) in [6.45, 7) is 1.60. The molecule has 0 atom stereocenters. The highest BCUT2D eigenvalue weighted by Crippen LogP contribution is 2.37. The first-order valence-electron chi connectivity index (χ1n) is 10.5. The van der Waals surface area contributed by atoms with Gasteiger partial charge in [0, 0.05) is 31.1 Å². The first-order chi connectivity index (χ1) is 15.4. The fourth-order valence-corrected chi connectivity index (χ4v) is 6.80. The van der Waals surface area contributed by atoms with Crippen LogP contribution < -0.4 is 5.32 Å². The highest BCUT2D eigenvalue weighted by Gasteiger charge is 2.29. The minimum absolute atomic E-state index is 0.151. The summed E-state index contributed by atoms with van der Waals surface area (Å²) < 4.78 is 27.1. The summed E-state index contributed by atoms with van der Waals surface area (Å²) in [5.41, 5.74) is 2.09. The summed E-state index contributed by atoms with van der Waals surface area (Å²) in [5, 5.41) is 22.0. The molecular formula is C22H23N5O3S2. The van der Waals surface area contributed by atoms with E-state index in [1.807, 2.05) is 11.0 Å². The molecule has 4 rings (SSSR count). The molecule has 10 heteroatoms. The number of hydrogen-bond acceptors (Lipinski definition) is 7. The predicted octanol–water partition coefficient (Wildman–Crippen LogP) is 2.32. The van der Waals surface area contributed by atoms with Crippen LogP contribution in [-0.4, -0.2) is 56.3 Å². The molecule has 2 aromatic rings. The highest BCUT2D eigenvalue weighted by atomic mass is 32.2. The average molecular weight is 470 g/mol. The van der Waals surface area contributed by atoms with E-state index < -0.39 is 10.0 Å². The smallest absolute Gasteiger partial charge is 0.243 e. The van der Waals surface area contributed by atoms with Crippen molar-refractivity contribution in [3.63, 3.8) is 0 Å². The number of thiophene rings is 1. The van der Waals surface area contributed by atoms with Gasteiger partial charge in [0.15, 0.2) is 0 Å². The van der Waals surface area contributed by atoms with E-state index in [2.05, 4.69) is 11.4 Å². The number of fused-ring (bicyclic) bond motifs is 1. The third-order valence-corrected chi connectivity index (χ3v) is 8.98. The molecule has 1 aromatic heterocycles. The van der Waals surface area contributed by atoms with Crippen LogP contribution in [0.5, 0.6) is 0 Å². The Labute approximate surface area is 191 Å². The lowest BCUT2D eigenvalue weighted by atomic mass is 9.96. The first-order valence-corrected chi connectivity index (χ1v) is 12.7. The molecule has 2 heterocycles. The number of hydrogen-bond donors (Lipinski definition) is 1. The molecule has 1 aliphatic heterocycles. The zero-order chi connectivity index (χ0) is 22.7. The fourth-order valence-electron chi connectivity index (χ4n) is 4.12. The van der Waals surface area contributed by atoms with E-state index >= 15 is 0 Å². The topological polar surface area (TPSA) is 117 Å². The Balaban J connectivity index is 1.34. The van der Waals surface area contributed by atoms with Crippen molar-refractivity contribution >= 4 is 32.3 Å². The Hall–Kier alpha value is -2.76. The lowest BCUT2D eigenvalue weighted by molar-refractivity contribution is -0.117. The number of nitriles is 2. The van der Waals surface area contributed by atoms with Crippen molar-refractivity contribution in [1.29, 1.82) is 10.5 Å². The molecule has 1 saturated heterocycles. The van der Waals surface area contributed by atoms with Crippen LogP contribution in [0, 0.1) is 22.7 Å². The molecular weight excluding hydrogens is 446 g/mol. The van der Waals surface area contributed by atoms with Gasteiger partial charge in [0.05, 0.1) is 28.6 Å². The zero-order valence-corrected chi connectivity index (χ0v) is 19.1. The number of amides is 1. The summed E-state index contributed by atoms with van der Waals surface area (Å²) in [5.74, 6) is -0.191. The van der Waals surface area contributed by atoms with Gasteiger partial charge in [-0.3, -0.25) is 9.69 Å². The second-order valence-corrected chi connectivity index (χ2v) is 10.9. The molecule has 0 spiro atoms. The van der Waals surface area contributed by atoms with Gasteiger partial charge in [0.2, 0.25) is 15.9 Å². The minimum atomic E-state index is -3.64. The molecule has 1 aliphatic carbocycles. The molecule has 1 N–H and O–H groups in total. The van der Waals surface area contributed by atoms with Crippen LogP contribution in [0.2, 0.25) is 0 Å². The van der Waals surface area contributed by atoms with Gasteiger partial charge in [-0.15, -0.1) is 11.3 Å². The minimum Gasteiger partial charge on any atom is -0.315 e. The molecule has 0 saturated carbocycles. The number of benzene rings is 1. The van der Waals surface area contributed by atoms with E-state index in [-0.39, 0.29) is 30.4 Å². The maximum atomic E-state index is 12.8. The van der Waals surface area contributed by atoms with E-state index in [1.165, 1.54) is 44.8 Å². The second-order valence-electron chi connectivity index (χ2n) is 7.89. The third kappa shape index (κ3) is 4.54. The summed E-state index contributed by atoms with van der Waals surface area (Å²) >= 11 is 1.50. The van der Waals surface area contributed by atoms with Crippen molar-refractivity contribution < 1.29 is 13.2 Å². The fraction of sp³-hybridized carbons (Fsp3) is 0.409. The van der Waals surface area contributed by atoms with Crippen molar-refractivity contribution in [1.82, 2.24) is 9.21 Å². The molecule has 0 unspecified atom stereocenters. The van der Waals surface area contributed by atoms with Crippen molar-refractivity contribution in [2.45, 2.75) is 30.6 Å². The largest absolute Gasteiger partial charge is 0.315 e. The maximum Gasteiger partial charge on any atom is 0.243 e. The molecule has 32 heavy (non-hydrogen) atoms. The normalized spacial score (nSPS) is 17.2. The Bertz CT molecular complexity index is 1200. The SMILES string of the molecule is N#Cc1ccc(S(=O)(=O)N2CCN(CC(=O)Nc3sc4c(c3C#N)CCCC4)CC2)cc1. The van der Waals surface area contributed by atoms with E-state index in [0.717, 1.165) is 31.2 Å². The van der Waals surface area contributed by atoms with Crippen molar-refractivity contribution in [2.75, 3.05) is 38.0 Å². The molecule has 1 fully saturated rings. The molecule has 0 bridgehead atoms. The van der Waals surface area contributed by atoms with Gasteiger partial charge in [0.1, 0.15) is 11.1 Å². The number of carbonyl (C=O) groups is 1. The van der Waals surface area contributed by atoms with Gasteiger partial charge in [-0.2, -0.15) is 14.8 Å². The van der Waals surface area contributed by atoms with E-state index in [0.29, 0.717) is 29.2 Å². The Morgan fingerprint density at radius 1 is 1.03 bits per heavy atom. The van der Waals surface area contributed by atoms with Gasteiger partial charge >= 0.3 is 0 Å². The van der Waals surface area contributed by atoms with Gasteiger partial charge in [-0.25, -0.2) is 8.42 Å². The zero-order valence-electron chi connectivity index (χ0n) is 17.5. The summed E-state index contributed by atoms with van der Waals surface area (Å²) in [4.78, 5) is 15.9. The predicted molar refractivity (Wildman–Crippen MR) is 121 cm³/mol. The molecule has 2 aliphatic rings. The number of carbonyl (C=O) groups excluding carboxylic acids is 1. The molecule has 8 nitrogen and oxygen atoms in total. The quantitative estimate of drug-likeness (QED) is 0.718. The number of rotatable bonds is 5. The number of nitrogens with zero attached hydrogens (tertiary/aromatic N) is 4. The van der Waals surface area contributed by atoms with Crippen LogP contribution in [0.1, 0.15) is 34.4 Å². The number of sulfonamides is 1. The Kier molecular flexibility index (Phi) is 6.58. The third-order valence-electron chi connectivity index (χ3n) is 5.86. The number of aryl methyl sites for hydroxylation is 1. The summed E-state index contributed by atoms with van der Waals surface area (Å²) in [7, 11) is -3.64. The second kappa shape index (κ2) is 9.39. The molecule has 1 aromatic carbocycles. The molecule has 166 valence electrons. The van der Waals surface area contributed by atoms with Gasteiger partial charge in [-0.1, -0.05) is 0 Å². The van der Waals surface area contributed by atoms with Crippen LogP contribution in [0.25, 0.3) is 0 Å². The van der Waals surface area contributed by atoms with Gasteiger partial charge in [-0.05, 0) is 55.5 Å². The first kappa shape index (κ1) is 22.4. The summed E-state index contributed by atoms with van der Waals surface area (Å²) in [6, 6.07) is 10.1. The lowest BCUT2D eigenvalue weighted by Crippen LogP contribution is -2.50. The number of nitrogens with one attached hydrogen (secondary N) is 1. The summed E-state index contributed by atoms with van der Waals surface area (Å²) in [6.07, 6.45) is 4.03. The Morgan fingerprint density at radius 3 is 2.38 bits per heavy atom. The average Bonchev–Trinajstić information content (AvgIpc) is 3.16. The highest BCUT2D eigenvalue weighted by molar-refractivity contribution is 7.89. The maximum absolute atomic E-state index is 12.8. The Morgan fingerprint density at radius 2 is 1.72 bits per heavy atom.